The fourth-order valence-corrected chi connectivity index (χ4v) is 0.759. The Balaban J connectivity index is 3.21. The summed E-state index contributed by atoms with van der Waals surface area (Å²) in [6, 6.07) is 0.115. The molecule has 0 heterocycles. The maximum absolute atomic E-state index is 5.63. The van der Waals surface area contributed by atoms with Gasteiger partial charge in [0.15, 0.2) is 0 Å². The third-order valence-corrected chi connectivity index (χ3v) is 1.32. The Morgan fingerprint density at radius 3 is 2.70 bits per heavy atom. The highest BCUT2D eigenvalue weighted by atomic mass is 14.6. The van der Waals surface area contributed by atoms with Crippen molar-refractivity contribution in [3.63, 3.8) is 0 Å². The smallest absolute Gasteiger partial charge is 0.0299 e. The molecule has 58 valence electrons. The molecule has 0 aromatic heterocycles. The molecular formula is C8H16N2. The van der Waals surface area contributed by atoms with Gasteiger partial charge in [-0.15, -0.1) is 5.73 Å². The van der Waals surface area contributed by atoms with E-state index < -0.39 is 0 Å². The summed E-state index contributed by atoms with van der Waals surface area (Å²) < 4.78 is 0. The van der Waals surface area contributed by atoms with E-state index in [1.807, 2.05) is 0 Å². The standard InChI is InChI=1S/C8H16N2/c1-2-5-8(10)6-3-4-7-9/h5,8H,1,3-4,6-7,9-10H2. The first kappa shape index (κ1) is 9.44. The lowest BCUT2D eigenvalue weighted by Crippen LogP contribution is -2.16. The molecule has 0 amide bonds. The van der Waals surface area contributed by atoms with E-state index in [2.05, 4.69) is 12.3 Å². The number of unbranched alkanes of at least 4 members (excludes halogenated alkanes) is 1. The van der Waals surface area contributed by atoms with Crippen LogP contribution in [-0.2, 0) is 0 Å². The van der Waals surface area contributed by atoms with Gasteiger partial charge in [-0.2, -0.15) is 0 Å². The van der Waals surface area contributed by atoms with Crippen LogP contribution in [0.15, 0.2) is 18.4 Å². The molecular weight excluding hydrogens is 124 g/mol. The predicted octanol–water partition coefficient (Wildman–Crippen LogP) is 0.784. The minimum atomic E-state index is 0.115. The van der Waals surface area contributed by atoms with Gasteiger partial charge in [-0.05, 0) is 25.5 Å². The first-order chi connectivity index (χ1) is 4.81. The third kappa shape index (κ3) is 5.57. The number of hydrogen-bond acceptors (Lipinski definition) is 2. The molecule has 10 heavy (non-hydrogen) atoms. The summed E-state index contributed by atoms with van der Waals surface area (Å²) in [6.45, 7) is 4.20. The highest BCUT2D eigenvalue weighted by Gasteiger charge is 1.94. The van der Waals surface area contributed by atoms with Crippen LogP contribution in [0.2, 0.25) is 0 Å². The normalized spacial score (nSPS) is 12.2. The van der Waals surface area contributed by atoms with Gasteiger partial charge in [0, 0.05) is 6.04 Å². The molecule has 0 aliphatic rings. The minimum absolute atomic E-state index is 0.115. The van der Waals surface area contributed by atoms with Crippen LogP contribution < -0.4 is 11.5 Å². The van der Waals surface area contributed by atoms with Crippen molar-refractivity contribution in [3.05, 3.63) is 18.4 Å². The van der Waals surface area contributed by atoms with Crippen LogP contribution in [0.4, 0.5) is 0 Å². The highest BCUT2D eigenvalue weighted by Crippen LogP contribution is 1.97. The topological polar surface area (TPSA) is 52.0 Å². The fourth-order valence-electron chi connectivity index (χ4n) is 0.759. The Labute approximate surface area is 62.6 Å². The molecule has 0 aliphatic heterocycles. The average molecular weight is 140 g/mol. The number of hydrogen-bond donors (Lipinski definition) is 2. The van der Waals surface area contributed by atoms with E-state index in [0.29, 0.717) is 0 Å². The number of nitrogens with two attached hydrogens (primary N) is 2. The van der Waals surface area contributed by atoms with Crippen LogP contribution in [0.3, 0.4) is 0 Å². The van der Waals surface area contributed by atoms with Crippen LogP contribution in [0.25, 0.3) is 0 Å². The molecule has 0 saturated carbocycles. The molecule has 0 aromatic rings. The van der Waals surface area contributed by atoms with Gasteiger partial charge in [-0.25, -0.2) is 0 Å². The molecule has 0 fully saturated rings. The van der Waals surface area contributed by atoms with Gasteiger partial charge in [-0.3, -0.25) is 0 Å². The number of rotatable bonds is 5. The second kappa shape index (κ2) is 6.56. The van der Waals surface area contributed by atoms with E-state index in [0.717, 1.165) is 25.8 Å². The van der Waals surface area contributed by atoms with Crippen molar-refractivity contribution in [1.82, 2.24) is 0 Å². The monoisotopic (exact) mass is 140 g/mol. The van der Waals surface area contributed by atoms with Crippen molar-refractivity contribution in [2.24, 2.45) is 11.5 Å². The fraction of sp³-hybridized carbons (Fsp3) is 0.625. The van der Waals surface area contributed by atoms with E-state index >= 15 is 0 Å². The van der Waals surface area contributed by atoms with Crippen molar-refractivity contribution in [2.75, 3.05) is 6.54 Å². The van der Waals surface area contributed by atoms with Gasteiger partial charge < -0.3 is 11.5 Å². The van der Waals surface area contributed by atoms with Crippen LogP contribution in [0, 0.1) is 0 Å². The van der Waals surface area contributed by atoms with Crippen molar-refractivity contribution >= 4 is 0 Å². The maximum atomic E-state index is 5.63. The molecule has 0 spiro atoms. The molecule has 0 saturated heterocycles. The summed E-state index contributed by atoms with van der Waals surface area (Å²) in [7, 11) is 0. The van der Waals surface area contributed by atoms with Crippen LogP contribution in [-0.4, -0.2) is 12.6 Å². The Kier molecular flexibility index (Phi) is 6.19. The zero-order valence-electron chi connectivity index (χ0n) is 6.34. The molecule has 0 aliphatic carbocycles. The summed E-state index contributed by atoms with van der Waals surface area (Å²) in [5, 5.41) is 0. The molecule has 2 heteroatoms. The Bertz CT molecular complexity index is 114. The molecule has 0 bridgehead atoms. The van der Waals surface area contributed by atoms with Crippen molar-refractivity contribution in [1.29, 1.82) is 0 Å². The summed E-state index contributed by atoms with van der Waals surface area (Å²) in [5.74, 6) is 0. The van der Waals surface area contributed by atoms with Crippen LogP contribution in [0.5, 0.6) is 0 Å². The lowest BCUT2D eigenvalue weighted by molar-refractivity contribution is 0.637. The largest absolute Gasteiger partial charge is 0.330 e. The predicted molar refractivity (Wildman–Crippen MR) is 44.6 cm³/mol. The molecule has 0 aromatic carbocycles. The first-order valence-electron chi connectivity index (χ1n) is 3.63. The second-order valence-electron chi connectivity index (χ2n) is 2.32. The molecule has 1 unspecified atom stereocenters. The third-order valence-electron chi connectivity index (χ3n) is 1.32. The van der Waals surface area contributed by atoms with Crippen molar-refractivity contribution in [3.8, 4) is 0 Å². The summed E-state index contributed by atoms with van der Waals surface area (Å²) >= 11 is 0. The van der Waals surface area contributed by atoms with Gasteiger partial charge in [0.1, 0.15) is 0 Å². The SMILES string of the molecule is C=C=CC(N)CCCCN. The van der Waals surface area contributed by atoms with Gasteiger partial charge in [0.05, 0.1) is 0 Å². The first-order valence-corrected chi connectivity index (χ1v) is 3.63. The lowest BCUT2D eigenvalue weighted by Gasteiger charge is -2.02. The Morgan fingerprint density at radius 1 is 1.50 bits per heavy atom. The van der Waals surface area contributed by atoms with Gasteiger partial charge in [0.25, 0.3) is 0 Å². The average Bonchev–Trinajstić information content (AvgIpc) is 1.89. The van der Waals surface area contributed by atoms with E-state index in [-0.39, 0.29) is 6.04 Å². The molecule has 0 radical (unpaired) electrons. The minimum Gasteiger partial charge on any atom is -0.330 e. The van der Waals surface area contributed by atoms with E-state index in [4.69, 9.17) is 11.5 Å². The van der Waals surface area contributed by atoms with Crippen LogP contribution >= 0.6 is 0 Å². The Hall–Kier alpha value is -0.560. The molecule has 0 rings (SSSR count). The van der Waals surface area contributed by atoms with Crippen LogP contribution in [0.1, 0.15) is 19.3 Å². The molecule has 2 nitrogen and oxygen atoms in total. The van der Waals surface area contributed by atoms with Crippen molar-refractivity contribution in [2.45, 2.75) is 25.3 Å². The van der Waals surface area contributed by atoms with Crippen molar-refractivity contribution < 1.29 is 0 Å². The second-order valence-corrected chi connectivity index (χ2v) is 2.32. The zero-order valence-corrected chi connectivity index (χ0v) is 6.34. The van der Waals surface area contributed by atoms with E-state index in [1.165, 1.54) is 0 Å². The van der Waals surface area contributed by atoms with Gasteiger partial charge in [0.2, 0.25) is 0 Å². The maximum Gasteiger partial charge on any atom is 0.0299 e. The Morgan fingerprint density at radius 2 is 2.20 bits per heavy atom. The highest BCUT2D eigenvalue weighted by molar-refractivity contribution is 4.87. The van der Waals surface area contributed by atoms with Gasteiger partial charge >= 0.3 is 0 Å². The van der Waals surface area contributed by atoms with E-state index in [1.54, 1.807) is 6.08 Å². The molecule has 1 atom stereocenters. The van der Waals surface area contributed by atoms with Gasteiger partial charge in [-0.1, -0.05) is 13.0 Å². The van der Waals surface area contributed by atoms with E-state index in [9.17, 15) is 0 Å². The quantitative estimate of drug-likeness (QED) is 0.438. The zero-order chi connectivity index (χ0) is 7.82. The summed E-state index contributed by atoms with van der Waals surface area (Å²) in [4.78, 5) is 0. The summed E-state index contributed by atoms with van der Waals surface area (Å²) in [6.07, 6.45) is 4.92. The lowest BCUT2D eigenvalue weighted by atomic mass is 10.1. The molecule has 4 N–H and O–H groups in total. The summed E-state index contributed by atoms with van der Waals surface area (Å²) in [5.41, 5.74) is 13.6.